The van der Waals surface area contributed by atoms with Gasteiger partial charge in [0.05, 0.1) is 11.6 Å². The summed E-state index contributed by atoms with van der Waals surface area (Å²) in [4.78, 5) is 6.79. The van der Waals surface area contributed by atoms with Crippen molar-refractivity contribution in [3.63, 3.8) is 0 Å². The third kappa shape index (κ3) is 4.23. The van der Waals surface area contributed by atoms with Crippen LogP contribution in [0, 0.1) is 5.82 Å². The van der Waals surface area contributed by atoms with Crippen LogP contribution in [0.1, 0.15) is 50.6 Å². The van der Waals surface area contributed by atoms with E-state index in [9.17, 15) is 4.39 Å². The molecule has 0 saturated heterocycles. The van der Waals surface area contributed by atoms with Crippen LogP contribution in [0.3, 0.4) is 0 Å². The van der Waals surface area contributed by atoms with Gasteiger partial charge < -0.3 is 24.2 Å². The minimum Gasteiger partial charge on any atom is -0.454 e. The molecule has 1 atom stereocenters. The molecule has 0 saturated carbocycles. The molecular formula is C25H25FN4O3S. The first-order valence-electron chi connectivity index (χ1n) is 11.3. The van der Waals surface area contributed by atoms with Crippen LogP contribution < -0.4 is 14.8 Å². The van der Waals surface area contributed by atoms with Gasteiger partial charge in [-0.05, 0) is 61.5 Å². The number of ether oxygens (including phenoxy) is 2. The third-order valence-corrected chi connectivity index (χ3v) is 6.41. The highest BCUT2D eigenvalue weighted by molar-refractivity contribution is 7.80. The van der Waals surface area contributed by atoms with Crippen molar-refractivity contribution in [1.82, 2.24) is 20.4 Å². The summed E-state index contributed by atoms with van der Waals surface area (Å²) in [5.41, 5.74) is 3.37. The van der Waals surface area contributed by atoms with Crippen LogP contribution in [0.2, 0.25) is 0 Å². The van der Waals surface area contributed by atoms with Gasteiger partial charge in [0, 0.05) is 17.8 Å². The van der Waals surface area contributed by atoms with E-state index >= 15 is 0 Å². The predicted molar refractivity (Wildman–Crippen MR) is 130 cm³/mol. The Kier molecular flexibility index (Phi) is 6.19. The lowest BCUT2D eigenvalue weighted by molar-refractivity contribution is 0.174. The minimum absolute atomic E-state index is 0.196. The summed E-state index contributed by atoms with van der Waals surface area (Å²) < 4.78 is 30.2. The molecule has 3 aromatic rings. The summed E-state index contributed by atoms with van der Waals surface area (Å²) in [6.07, 6.45) is 3.23. The van der Waals surface area contributed by atoms with Crippen LogP contribution in [-0.2, 0) is 0 Å². The summed E-state index contributed by atoms with van der Waals surface area (Å²) in [5, 5.41) is 8.26. The third-order valence-electron chi connectivity index (χ3n) is 6.07. The molecule has 176 valence electrons. The van der Waals surface area contributed by atoms with Crippen LogP contribution in [0.4, 0.5) is 4.39 Å². The maximum atomic E-state index is 13.6. The Labute approximate surface area is 202 Å². The molecule has 1 aromatic heterocycles. The minimum atomic E-state index is -0.347. The fraction of sp³-hybridized carbons (Fsp3) is 0.320. The van der Waals surface area contributed by atoms with Crippen molar-refractivity contribution in [2.75, 3.05) is 13.3 Å². The van der Waals surface area contributed by atoms with Crippen LogP contribution in [-0.4, -0.2) is 33.5 Å². The second-order valence-corrected chi connectivity index (χ2v) is 8.67. The smallest absolute Gasteiger partial charge is 0.258 e. The fourth-order valence-electron chi connectivity index (χ4n) is 4.24. The number of aromatic nitrogens is 2. The Hall–Kier alpha value is -3.46. The van der Waals surface area contributed by atoms with Crippen LogP contribution in [0.15, 0.2) is 52.7 Å². The average molecular weight is 481 g/mol. The largest absolute Gasteiger partial charge is 0.454 e. The first-order chi connectivity index (χ1) is 16.5. The van der Waals surface area contributed by atoms with E-state index in [2.05, 4.69) is 22.3 Å². The average Bonchev–Trinajstić information content (AvgIpc) is 3.50. The molecule has 7 nitrogen and oxygen atoms in total. The molecule has 5 rings (SSSR count). The van der Waals surface area contributed by atoms with Gasteiger partial charge in [-0.3, -0.25) is 0 Å². The Balaban J connectivity index is 1.54. The number of nitrogens with one attached hydrogen (secondary N) is 1. The Morgan fingerprint density at radius 1 is 1.12 bits per heavy atom. The predicted octanol–water partition coefficient (Wildman–Crippen LogP) is 5.46. The summed E-state index contributed by atoms with van der Waals surface area (Å²) in [6.45, 7) is 5.16. The zero-order valence-corrected chi connectivity index (χ0v) is 19.8. The molecule has 3 heterocycles. The Morgan fingerprint density at radius 3 is 2.71 bits per heavy atom. The number of allylic oxidation sites excluding steroid dienone is 1. The van der Waals surface area contributed by atoms with Gasteiger partial charge >= 0.3 is 0 Å². The van der Waals surface area contributed by atoms with E-state index in [4.69, 9.17) is 31.2 Å². The van der Waals surface area contributed by atoms with E-state index < -0.39 is 0 Å². The molecule has 1 unspecified atom stereocenters. The number of hydrogen-bond acceptors (Lipinski definition) is 6. The molecule has 0 spiro atoms. The van der Waals surface area contributed by atoms with Crippen LogP contribution in [0.5, 0.6) is 11.5 Å². The van der Waals surface area contributed by atoms with Crippen LogP contribution in [0.25, 0.3) is 17.0 Å². The maximum Gasteiger partial charge on any atom is 0.258 e. The molecule has 2 aromatic carbocycles. The first-order valence-corrected chi connectivity index (χ1v) is 11.7. The summed E-state index contributed by atoms with van der Waals surface area (Å²) >= 11 is 5.70. The normalized spacial score (nSPS) is 17.3. The highest BCUT2D eigenvalue weighted by Gasteiger charge is 2.34. The lowest BCUT2D eigenvalue weighted by Crippen LogP contribution is -2.46. The van der Waals surface area contributed by atoms with Gasteiger partial charge in [0.1, 0.15) is 5.82 Å². The van der Waals surface area contributed by atoms with Gasteiger partial charge in [-0.2, -0.15) is 4.98 Å². The molecule has 0 radical (unpaired) electrons. The molecule has 2 aliphatic heterocycles. The number of fused-ring (bicyclic) bond motifs is 1. The molecule has 0 bridgehead atoms. The number of rotatable bonds is 7. The Morgan fingerprint density at radius 2 is 1.91 bits per heavy atom. The van der Waals surface area contributed by atoms with Crippen molar-refractivity contribution >= 4 is 22.9 Å². The van der Waals surface area contributed by atoms with Crippen molar-refractivity contribution < 1.29 is 18.4 Å². The van der Waals surface area contributed by atoms with E-state index in [0.717, 1.165) is 48.2 Å². The highest BCUT2D eigenvalue weighted by atomic mass is 32.1. The molecule has 0 fully saturated rings. The van der Waals surface area contributed by atoms with Gasteiger partial charge in [-0.25, -0.2) is 4.39 Å². The number of nitrogens with zero attached hydrogens (tertiary/aromatic N) is 3. The van der Waals surface area contributed by atoms with E-state index in [1.54, 1.807) is 12.1 Å². The second-order valence-electron chi connectivity index (χ2n) is 8.28. The van der Waals surface area contributed by atoms with Gasteiger partial charge in [0.15, 0.2) is 16.6 Å². The molecule has 1 N–H and O–H groups in total. The molecule has 0 amide bonds. The fourth-order valence-corrected chi connectivity index (χ4v) is 4.58. The van der Waals surface area contributed by atoms with E-state index in [1.807, 2.05) is 25.1 Å². The first kappa shape index (κ1) is 22.3. The van der Waals surface area contributed by atoms with Gasteiger partial charge in [0.2, 0.25) is 12.6 Å². The molecule has 34 heavy (non-hydrogen) atoms. The highest BCUT2D eigenvalue weighted by Crippen LogP contribution is 2.39. The summed E-state index contributed by atoms with van der Waals surface area (Å²) in [6, 6.07) is 11.5. The van der Waals surface area contributed by atoms with Crippen molar-refractivity contribution in [2.45, 2.75) is 39.2 Å². The van der Waals surface area contributed by atoms with Crippen molar-refractivity contribution in [1.29, 1.82) is 0 Å². The number of benzene rings is 2. The molecule has 2 aliphatic rings. The SMILES string of the molecule is CCCCCN1C(=S)NC(c2ccc(F)cc2)C(c2nc(-c3ccc4c(c3)OCO4)no2)=C1C. The quantitative estimate of drug-likeness (QED) is 0.353. The van der Waals surface area contributed by atoms with E-state index in [1.165, 1.54) is 12.1 Å². The van der Waals surface area contributed by atoms with E-state index in [-0.39, 0.29) is 18.7 Å². The lowest BCUT2D eigenvalue weighted by atomic mass is 9.94. The van der Waals surface area contributed by atoms with Crippen molar-refractivity contribution in [3.8, 4) is 22.9 Å². The summed E-state index contributed by atoms with van der Waals surface area (Å²) in [5.74, 6) is 1.87. The number of hydrogen-bond donors (Lipinski definition) is 1. The standard InChI is InChI=1S/C25H25FN4O3S/c1-3-4-5-12-30-15(2)21(22(27-25(30)34)16-6-9-18(26)10-7-16)24-28-23(29-33-24)17-8-11-19-20(13-17)32-14-31-19/h6-11,13,22H,3-5,12,14H2,1-2H3,(H,27,34). The Bertz CT molecular complexity index is 1240. The second kappa shape index (κ2) is 9.42. The number of unbranched alkanes of at least 4 members (excludes halogenated alkanes) is 2. The van der Waals surface area contributed by atoms with Gasteiger partial charge in [0.25, 0.3) is 5.89 Å². The summed E-state index contributed by atoms with van der Waals surface area (Å²) in [7, 11) is 0. The van der Waals surface area contributed by atoms with Crippen molar-refractivity contribution in [3.05, 3.63) is 65.4 Å². The molecule has 0 aliphatic carbocycles. The monoisotopic (exact) mass is 480 g/mol. The van der Waals surface area contributed by atoms with E-state index in [0.29, 0.717) is 28.3 Å². The van der Waals surface area contributed by atoms with Gasteiger partial charge in [-0.1, -0.05) is 37.1 Å². The number of halogens is 1. The van der Waals surface area contributed by atoms with Crippen molar-refractivity contribution in [2.24, 2.45) is 0 Å². The molecular weight excluding hydrogens is 455 g/mol. The van der Waals surface area contributed by atoms with Crippen LogP contribution >= 0.6 is 12.2 Å². The zero-order valence-electron chi connectivity index (χ0n) is 19.0. The topological polar surface area (TPSA) is 72.7 Å². The maximum absolute atomic E-state index is 13.6. The molecule has 9 heteroatoms. The number of thiocarbonyl (C=S) groups is 1. The lowest BCUT2D eigenvalue weighted by Gasteiger charge is -2.37. The van der Waals surface area contributed by atoms with Gasteiger partial charge in [-0.15, -0.1) is 0 Å². The zero-order chi connectivity index (χ0) is 23.7.